The molecule has 0 saturated carbocycles. The van der Waals surface area contributed by atoms with Gasteiger partial charge in [0.2, 0.25) is 5.95 Å². The van der Waals surface area contributed by atoms with Crippen LogP contribution in [0.25, 0.3) is 0 Å². The first-order valence-electron chi connectivity index (χ1n) is 4.83. The van der Waals surface area contributed by atoms with Crippen molar-refractivity contribution in [1.29, 1.82) is 5.26 Å². The van der Waals surface area contributed by atoms with Crippen LogP contribution in [-0.2, 0) is 4.79 Å². The summed E-state index contributed by atoms with van der Waals surface area (Å²) in [4.78, 5) is 18.3. The van der Waals surface area contributed by atoms with Gasteiger partial charge in [0, 0.05) is 18.7 Å². The standard InChI is InChI=1S/C10H12N4O2/c1-7-5-8(6-11)14-10(13-7)12-4-2-3-9(15)16/h5H,2-4H2,1H3,(H,15,16)(H,12,13,14). The van der Waals surface area contributed by atoms with Crippen LogP contribution in [0.15, 0.2) is 6.07 Å². The van der Waals surface area contributed by atoms with Crippen LogP contribution in [0.1, 0.15) is 24.2 Å². The molecular weight excluding hydrogens is 208 g/mol. The van der Waals surface area contributed by atoms with Gasteiger partial charge in [-0.1, -0.05) is 0 Å². The fraction of sp³-hybridized carbons (Fsp3) is 0.400. The summed E-state index contributed by atoms with van der Waals surface area (Å²) >= 11 is 0. The summed E-state index contributed by atoms with van der Waals surface area (Å²) in [6, 6.07) is 3.52. The molecule has 6 nitrogen and oxygen atoms in total. The number of aliphatic carboxylic acids is 1. The van der Waals surface area contributed by atoms with E-state index in [0.29, 0.717) is 30.3 Å². The highest BCUT2D eigenvalue weighted by molar-refractivity contribution is 5.66. The number of nitrogens with one attached hydrogen (secondary N) is 1. The van der Waals surface area contributed by atoms with Crippen molar-refractivity contribution in [3.8, 4) is 6.07 Å². The Bertz CT molecular complexity index is 425. The van der Waals surface area contributed by atoms with Crippen LogP contribution in [0, 0.1) is 18.3 Å². The molecular formula is C10H12N4O2. The third kappa shape index (κ3) is 3.92. The lowest BCUT2D eigenvalue weighted by atomic mass is 10.3. The maximum atomic E-state index is 10.3. The van der Waals surface area contributed by atoms with Crippen LogP contribution in [-0.4, -0.2) is 27.6 Å². The first-order chi connectivity index (χ1) is 7.61. The van der Waals surface area contributed by atoms with Crippen molar-refractivity contribution in [2.24, 2.45) is 0 Å². The van der Waals surface area contributed by atoms with Crippen molar-refractivity contribution < 1.29 is 9.90 Å². The Hall–Kier alpha value is -2.16. The van der Waals surface area contributed by atoms with E-state index in [-0.39, 0.29) is 6.42 Å². The molecule has 1 aromatic heterocycles. The van der Waals surface area contributed by atoms with Crippen molar-refractivity contribution >= 4 is 11.9 Å². The highest BCUT2D eigenvalue weighted by Gasteiger charge is 2.01. The van der Waals surface area contributed by atoms with Crippen molar-refractivity contribution in [1.82, 2.24) is 9.97 Å². The summed E-state index contributed by atoms with van der Waals surface area (Å²) in [5.41, 5.74) is 1.00. The van der Waals surface area contributed by atoms with E-state index in [1.807, 2.05) is 6.07 Å². The first kappa shape index (κ1) is 11.9. The van der Waals surface area contributed by atoms with Gasteiger partial charge in [-0.15, -0.1) is 0 Å². The fourth-order valence-electron chi connectivity index (χ4n) is 1.14. The molecule has 0 aliphatic rings. The molecule has 1 rings (SSSR count). The maximum absolute atomic E-state index is 10.3. The number of nitriles is 1. The second kappa shape index (κ2) is 5.66. The molecule has 84 valence electrons. The van der Waals surface area contributed by atoms with Gasteiger partial charge in [-0.3, -0.25) is 4.79 Å². The molecule has 0 spiro atoms. The minimum absolute atomic E-state index is 0.101. The molecule has 0 aromatic carbocycles. The lowest BCUT2D eigenvalue weighted by Gasteiger charge is -2.04. The third-order valence-corrected chi connectivity index (χ3v) is 1.82. The van der Waals surface area contributed by atoms with E-state index in [1.54, 1.807) is 13.0 Å². The van der Waals surface area contributed by atoms with Gasteiger partial charge < -0.3 is 10.4 Å². The summed E-state index contributed by atoms with van der Waals surface area (Å²) in [5, 5.41) is 20.0. The average molecular weight is 220 g/mol. The summed E-state index contributed by atoms with van der Waals surface area (Å²) in [7, 11) is 0. The van der Waals surface area contributed by atoms with Gasteiger partial charge in [-0.05, 0) is 19.4 Å². The van der Waals surface area contributed by atoms with Crippen molar-refractivity contribution in [2.45, 2.75) is 19.8 Å². The second-order valence-corrected chi connectivity index (χ2v) is 3.25. The molecule has 0 radical (unpaired) electrons. The largest absolute Gasteiger partial charge is 0.481 e. The highest BCUT2D eigenvalue weighted by atomic mass is 16.4. The zero-order chi connectivity index (χ0) is 12.0. The molecule has 1 aromatic rings. The van der Waals surface area contributed by atoms with E-state index in [1.165, 1.54) is 0 Å². The maximum Gasteiger partial charge on any atom is 0.303 e. The van der Waals surface area contributed by atoms with E-state index >= 15 is 0 Å². The molecule has 0 aliphatic carbocycles. The predicted molar refractivity (Wildman–Crippen MR) is 56.8 cm³/mol. The minimum Gasteiger partial charge on any atom is -0.481 e. The molecule has 0 unspecified atom stereocenters. The number of hydrogen-bond acceptors (Lipinski definition) is 5. The molecule has 6 heteroatoms. The molecule has 0 saturated heterocycles. The molecule has 1 heterocycles. The molecule has 16 heavy (non-hydrogen) atoms. The van der Waals surface area contributed by atoms with Crippen molar-refractivity contribution in [3.63, 3.8) is 0 Å². The number of carbonyl (C=O) groups is 1. The Labute approximate surface area is 93.0 Å². The minimum atomic E-state index is -0.829. The van der Waals surface area contributed by atoms with Crippen molar-refractivity contribution in [3.05, 3.63) is 17.5 Å². The lowest BCUT2D eigenvalue weighted by Crippen LogP contribution is -2.08. The summed E-state index contributed by atoms with van der Waals surface area (Å²) < 4.78 is 0. The van der Waals surface area contributed by atoms with Gasteiger partial charge in [-0.25, -0.2) is 9.97 Å². The Morgan fingerprint density at radius 1 is 1.62 bits per heavy atom. The van der Waals surface area contributed by atoms with Crippen LogP contribution >= 0.6 is 0 Å². The van der Waals surface area contributed by atoms with E-state index in [9.17, 15) is 4.79 Å². The van der Waals surface area contributed by atoms with E-state index in [2.05, 4.69) is 15.3 Å². The normalized spacial score (nSPS) is 9.50. The van der Waals surface area contributed by atoms with Gasteiger partial charge in [0.1, 0.15) is 11.8 Å². The van der Waals surface area contributed by atoms with Crippen LogP contribution in [0.5, 0.6) is 0 Å². The number of hydrogen-bond donors (Lipinski definition) is 2. The molecule has 0 aliphatic heterocycles. The van der Waals surface area contributed by atoms with E-state index < -0.39 is 5.97 Å². The Morgan fingerprint density at radius 2 is 2.38 bits per heavy atom. The van der Waals surface area contributed by atoms with Gasteiger partial charge >= 0.3 is 5.97 Å². The first-order valence-corrected chi connectivity index (χ1v) is 4.83. The molecule has 0 bridgehead atoms. The van der Waals surface area contributed by atoms with E-state index in [0.717, 1.165) is 0 Å². The molecule has 2 N–H and O–H groups in total. The predicted octanol–water partition coefficient (Wildman–Crippen LogP) is 0.933. The molecule has 0 atom stereocenters. The number of anilines is 1. The summed E-state index contributed by atoms with van der Waals surface area (Å²) in [6.45, 7) is 2.24. The molecule has 0 amide bonds. The Kier molecular flexibility index (Phi) is 4.21. The number of carboxylic acid groups (broad SMARTS) is 1. The monoisotopic (exact) mass is 220 g/mol. The smallest absolute Gasteiger partial charge is 0.303 e. The quantitative estimate of drug-likeness (QED) is 0.716. The summed E-state index contributed by atoms with van der Waals surface area (Å²) in [6.07, 6.45) is 0.596. The summed E-state index contributed by atoms with van der Waals surface area (Å²) in [5.74, 6) is -0.466. The van der Waals surface area contributed by atoms with Crippen molar-refractivity contribution in [2.75, 3.05) is 11.9 Å². The van der Waals surface area contributed by atoms with Crippen LogP contribution in [0.2, 0.25) is 0 Å². The SMILES string of the molecule is Cc1cc(C#N)nc(NCCCC(=O)O)n1. The average Bonchev–Trinajstić information content (AvgIpc) is 2.23. The topological polar surface area (TPSA) is 98.9 Å². The lowest BCUT2D eigenvalue weighted by molar-refractivity contribution is -0.137. The fourth-order valence-corrected chi connectivity index (χ4v) is 1.14. The number of aromatic nitrogens is 2. The van der Waals surface area contributed by atoms with Crippen LogP contribution in [0.3, 0.4) is 0 Å². The number of aryl methyl sites for hydroxylation is 1. The number of nitrogens with zero attached hydrogens (tertiary/aromatic N) is 3. The second-order valence-electron chi connectivity index (χ2n) is 3.25. The van der Waals surface area contributed by atoms with Gasteiger partial charge in [-0.2, -0.15) is 5.26 Å². The zero-order valence-corrected chi connectivity index (χ0v) is 8.90. The molecule has 0 fully saturated rings. The number of rotatable bonds is 5. The Balaban J connectivity index is 2.51. The van der Waals surface area contributed by atoms with Gasteiger partial charge in [0.05, 0.1) is 0 Å². The van der Waals surface area contributed by atoms with Gasteiger partial charge in [0.25, 0.3) is 0 Å². The van der Waals surface area contributed by atoms with Crippen LogP contribution in [0.4, 0.5) is 5.95 Å². The highest BCUT2D eigenvalue weighted by Crippen LogP contribution is 2.04. The van der Waals surface area contributed by atoms with Crippen LogP contribution < -0.4 is 5.32 Å². The van der Waals surface area contributed by atoms with Gasteiger partial charge in [0.15, 0.2) is 0 Å². The van der Waals surface area contributed by atoms with E-state index in [4.69, 9.17) is 10.4 Å². The Morgan fingerprint density at radius 3 is 3.00 bits per heavy atom. The number of carboxylic acids is 1. The third-order valence-electron chi connectivity index (χ3n) is 1.82. The zero-order valence-electron chi connectivity index (χ0n) is 8.90.